The summed E-state index contributed by atoms with van der Waals surface area (Å²) in [6.45, 7) is 2.86. The van der Waals surface area contributed by atoms with Gasteiger partial charge in [0.25, 0.3) is 5.91 Å². The van der Waals surface area contributed by atoms with Crippen molar-refractivity contribution in [1.82, 2.24) is 9.80 Å². The number of likely N-dealkylation sites (tertiary alicyclic amines) is 2. The molecular weight excluding hydrogens is 352 g/mol. The van der Waals surface area contributed by atoms with Crippen LogP contribution in [0.1, 0.15) is 48.0 Å². The molecule has 2 heterocycles. The number of nitrogens with zero attached hydrogens (tertiary/aromatic N) is 2. The van der Waals surface area contributed by atoms with Gasteiger partial charge in [0, 0.05) is 38.2 Å². The van der Waals surface area contributed by atoms with Gasteiger partial charge in [0.1, 0.15) is 0 Å². The van der Waals surface area contributed by atoms with Gasteiger partial charge in [-0.3, -0.25) is 9.59 Å². The van der Waals surface area contributed by atoms with E-state index in [9.17, 15) is 18.0 Å². The van der Waals surface area contributed by atoms with Gasteiger partial charge < -0.3 is 9.80 Å². The molecule has 142 valence electrons. The fourth-order valence-corrected chi connectivity index (χ4v) is 5.00. The molecule has 0 atom stereocenters. The minimum absolute atomic E-state index is 0.0205. The lowest BCUT2D eigenvalue weighted by Crippen LogP contribution is -2.27. The third-order valence-corrected chi connectivity index (χ3v) is 6.72. The smallest absolute Gasteiger partial charge is 0.253 e. The highest BCUT2D eigenvalue weighted by Crippen LogP contribution is 2.16. The summed E-state index contributed by atoms with van der Waals surface area (Å²) in [4.78, 5) is 27.4. The standard InChI is InChI=1S/C19H26N2O4S/c22-18-5-3-12-20(18)13-4-14-26(24,25)15-16-6-8-17(9-7-16)19(23)21-10-1-2-11-21/h6-9H,1-5,10-15H2. The maximum atomic E-state index is 12.3. The highest BCUT2D eigenvalue weighted by Gasteiger charge is 2.21. The molecule has 0 aromatic heterocycles. The molecule has 2 aliphatic rings. The van der Waals surface area contributed by atoms with Crippen molar-refractivity contribution in [2.45, 2.75) is 37.9 Å². The Balaban J connectivity index is 1.50. The minimum Gasteiger partial charge on any atom is -0.343 e. The van der Waals surface area contributed by atoms with Crippen molar-refractivity contribution in [2.24, 2.45) is 0 Å². The number of amides is 2. The third-order valence-electron chi connectivity index (χ3n) is 5.04. The Hall–Kier alpha value is -1.89. The summed E-state index contributed by atoms with van der Waals surface area (Å²) in [6, 6.07) is 6.89. The first-order valence-corrected chi connectivity index (χ1v) is 11.1. The van der Waals surface area contributed by atoms with E-state index in [1.54, 1.807) is 29.2 Å². The fraction of sp³-hybridized carbons (Fsp3) is 0.579. The summed E-state index contributed by atoms with van der Waals surface area (Å²) < 4.78 is 24.6. The number of hydrogen-bond acceptors (Lipinski definition) is 4. The Kier molecular flexibility index (Phi) is 5.96. The van der Waals surface area contributed by atoms with Gasteiger partial charge in [0.2, 0.25) is 5.91 Å². The Morgan fingerprint density at radius 2 is 1.69 bits per heavy atom. The normalized spacial score (nSPS) is 17.9. The molecule has 0 unspecified atom stereocenters. The molecule has 2 fully saturated rings. The van der Waals surface area contributed by atoms with Crippen molar-refractivity contribution in [2.75, 3.05) is 31.9 Å². The van der Waals surface area contributed by atoms with E-state index in [4.69, 9.17) is 0 Å². The zero-order valence-electron chi connectivity index (χ0n) is 15.0. The van der Waals surface area contributed by atoms with Crippen LogP contribution in [0.5, 0.6) is 0 Å². The van der Waals surface area contributed by atoms with Crippen LogP contribution in [0.2, 0.25) is 0 Å². The first kappa shape index (κ1) is 18.9. The van der Waals surface area contributed by atoms with Gasteiger partial charge in [-0.25, -0.2) is 8.42 Å². The highest BCUT2D eigenvalue weighted by molar-refractivity contribution is 7.90. The number of hydrogen-bond donors (Lipinski definition) is 0. The topological polar surface area (TPSA) is 74.8 Å². The first-order chi connectivity index (χ1) is 12.4. The van der Waals surface area contributed by atoms with Gasteiger partial charge in [-0.2, -0.15) is 0 Å². The average molecular weight is 378 g/mol. The van der Waals surface area contributed by atoms with Crippen LogP contribution in [0.15, 0.2) is 24.3 Å². The van der Waals surface area contributed by atoms with Gasteiger partial charge in [-0.15, -0.1) is 0 Å². The molecule has 1 aromatic carbocycles. The first-order valence-electron chi connectivity index (χ1n) is 9.31. The second kappa shape index (κ2) is 8.20. The Bertz CT molecular complexity index is 752. The predicted octanol–water partition coefficient (Wildman–Crippen LogP) is 1.85. The van der Waals surface area contributed by atoms with Crippen LogP contribution in [0.3, 0.4) is 0 Å². The van der Waals surface area contributed by atoms with Crippen LogP contribution in [-0.2, 0) is 20.4 Å². The summed E-state index contributed by atoms with van der Waals surface area (Å²) in [5.41, 5.74) is 1.31. The van der Waals surface area contributed by atoms with Gasteiger partial charge in [0.05, 0.1) is 11.5 Å². The number of rotatable bonds is 7. The Morgan fingerprint density at radius 1 is 1.00 bits per heavy atom. The van der Waals surface area contributed by atoms with E-state index >= 15 is 0 Å². The minimum atomic E-state index is -3.23. The van der Waals surface area contributed by atoms with Crippen LogP contribution in [0.25, 0.3) is 0 Å². The lowest BCUT2D eigenvalue weighted by molar-refractivity contribution is -0.127. The summed E-state index contributed by atoms with van der Waals surface area (Å²) in [5.74, 6) is 0.192. The van der Waals surface area contributed by atoms with E-state index in [0.717, 1.165) is 38.9 Å². The largest absolute Gasteiger partial charge is 0.343 e. The van der Waals surface area contributed by atoms with Crippen LogP contribution < -0.4 is 0 Å². The Morgan fingerprint density at radius 3 is 2.31 bits per heavy atom. The molecule has 0 aliphatic carbocycles. The molecule has 1 aromatic rings. The molecule has 2 saturated heterocycles. The van der Waals surface area contributed by atoms with Gasteiger partial charge in [0.15, 0.2) is 9.84 Å². The SMILES string of the molecule is O=C1CCCN1CCCS(=O)(=O)Cc1ccc(C(=O)N2CCCC2)cc1. The van der Waals surface area contributed by atoms with Gasteiger partial charge in [-0.05, 0) is 43.4 Å². The van der Waals surface area contributed by atoms with Crippen LogP contribution >= 0.6 is 0 Å². The number of benzene rings is 1. The van der Waals surface area contributed by atoms with E-state index in [-0.39, 0.29) is 23.3 Å². The monoisotopic (exact) mass is 378 g/mol. The van der Waals surface area contributed by atoms with E-state index in [2.05, 4.69) is 0 Å². The quantitative estimate of drug-likeness (QED) is 0.726. The molecule has 0 radical (unpaired) electrons. The molecule has 0 saturated carbocycles. The van der Waals surface area contributed by atoms with Gasteiger partial charge in [-0.1, -0.05) is 12.1 Å². The van der Waals surface area contributed by atoms with Crippen LogP contribution in [-0.4, -0.2) is 62.0 Å². The van der Waals surface area contributed by atoms with Crippen LogP contribution in [0.4, 0.5) is 0 Å². The van der Waals surface area contributed by atoms with Gasteiger partial charge >= 0.3 is 0 Å². The summed E-state index contributed by atoms with van der Waals surface area (Å²) in [5, 5.41) is 0. The third kappa shape index (κ3) is 4.84. The average Bonchev–Trinajstić information content (AvgIpc) is 3.27. The maximum absolute atomic E-state index is 12.3. The van der Waals surface area contributed by atoms with Crippen molar-refractivity contribution in [3.05, 3.63) is 35.4 Å². The van der Waals surface area contributed by atoms with Crippen molar-refractivity contribution in [3.63, 3.8) is 0 Å². The molecule has 26 heavy (non-hydrogen) atoms. The molecule has 6 nitrogen and oxygen atoms in total. The molecular formula is C19H26N2O4S. The molecule has 2 amide bonds. The Labute approximate surface area is 155 Å². The van der Waals surface area contributed by atoms with Crippen molar-refractivity contribution in [3.8, 4) is 0 Å². The molecule has 3 rings (SSSR count). The summed E-state index contributed by atoms with van der Waals surface area (Å²) >= 11 is 0. The van der Waals surface area contributed by atoms with Crippen molar-refractivity contribution < 1.29 is 18.0 Å². The second-order valence-electron chi connectivity index (χ2n) is 7.13. The van der Waals surface area contributed by atoms with Crippen LogP contribution in [0, 0.1) is 0 Å². The summed E-state index contributed by atoms with van der Waals surface area (Å²) in [7, 11) is -3.23. The molecule has 0 N–H and O–H groups in total. The summed E-state index contributed by atoms with van der Waals surface area (Å²) in [6.07, 6.45) is 4.01. The number of carbonyl (C=O) groups excluding carboxylic acids is 2. The number of sulfone groups is 1. The molecule has 7 heteroatoms. The fourth-order valence-electron chi connectivity index (χ4n) is 3.59. The molecule has 0 spiro atoms. The van der Waals surface area contributed by atoms with E-state index < -0.39 is 9.84 Å². The lowest BCUT2D eigenvalue weighted by atomic mass is 10.1. The highest BCUT2D eigenvalue weighted by atomic mass is 32.2. The van der Waals surface area contributed by atoms with E-state index in [0.29, 0.717) is 30.5 Å². The van der Waals surface area contributed by atoms with Crippen molar-refractivity contribution >= 4 is 21.7 Å². The van der Waals surface area contributed by atoms with Crippen molar-refractivity contribution in [1.29, 1.82) is 0 Å². The molecule has 2 aliphatic heterocycles. The number of carbonyl (C=O) groups is 2. The van der Waals surface area contributed by atoms with E-state index in [1.807, 2.05) is 4.90 Å². The molecule has 0 bridgehead atoms. The zero-order chi connectivity index (χ0) is 18.6. The predicted molar refractivity (Wildman–Crippen MR) is 99.5 cm³/mol. The second-order valence-corrected chi connectivity index (χ2v) is 9.31. The zero-order valence-corrected chi connectivity index (χ0v) is 15.8. The maximum Gasteiger partial charge on any atom is 0.253 e. The van der Waals surface area contributed by atoms with E-state index in [1.165, 1.54) is 0 Å². The lowest BCUT2D eigenvalue weighted by Gasteiger charge is -2.16.